The van der Waals surface area contributed by atoms with Crippen LogP contribution in [-0.4, -0.2) is 48.4 Å². The van der Waals surface area contributed by atoms with Crippen LogP contribution in [0.2, 0.25) is 0 Å². The zero-order valence-electron chi connectivity index (χ0n) is 17.5. The lowest BCUT2D eigenvalue weighted by Gasteiger charge is -2.34. The molecule has 0 unspecified atom stereocenters. The smallest absolute Gasteiger partial charge is 0.324 e. The average Bonchev–Trinajstić information content (AvgIpc) is 3.02. The zero-order chi connectivity index (χ0) is 21.3. The molecule has 1 N–H and O–H groups in total. The third kappa shape index (κ3) is 4.44. The van der Waals surface area contributed by atoms with Crippen LogP contribution in [0.3, 0.4) is 0 Å². The van der Waals surface area contributed by atoms with Crippen molar-refractivity contribution in [3.8, 4) is 5.75 Å². The summed E-state index contributed by atoms with van der Waals surface area (Å²) in [6.07, 6.45) is 0. The fourth-order valence-corrected chi connectivity index (χ4v) is 3.78. The van der Waals surface area contributed by atoms with Gasteiger partial charge in [-0.1, -0.05) is 18.2 Å². The molecule has 0 aromatic heterocycles. The van der Waals surface area contributed by atoms with Crippen LogP contribution in [0.15, 0.2) is 24.3 Å². The van der Waals surface area contributed by atoms with Crippen LogP contribution >= 0.6 is 0 Å². The minimum absolute atomic E-state index is 0.347. The molecule has 156 valence electrons. The maximum atomic E-state index is 12.9. The van der Waals surface area contributed by atoms with Crippen molar-refractivity contribution in [2.24, 2.45) is 5.92 Å². The Morgan fingerprint density at radius 2 is 1.75 bits per heavy atom. The van der Waals surface area contributed by atoms with Crippen LogP contribution in [0.4, 0.5) is 0 Å². The first-order valence-corrected chi connectivity index (χ1v) is 9.23. The number of nitro groups is 1. The van der Waals surface area contributed by atoms with E-state index in [-0.39, 0.29) is 4.92 Å². The van der Waals surface area contributed by atoms with Gasteiger partial charge in [0.05, 0.1) is 18.6 Å². The number of methoxy groups -OCH3 is 2. The highest BCUT2D eigenvalue weighted by Gasteiger charge is 2.60. The van der Waals surface area contributed by atoms with Crippen LogP contribution < -0.4 is 10.1 Å². The Balaban J connectivity index is 2.56. The number of hydrogen-bond donors (Lipinski definition) is 1. The van der Waals surface area contributed by atoms with E-state index in [9.17, 15) is 14.9 Å². The Morgan fingerprint density at radius 3 is 2.25 bits per heavy atom. The van der Waals surface area contributed by atoms with E-state index in [1.165, 1.54) is 14.2 Å². The Morgan fingerprint density at radius 1 is 1.14 bits per heavy atom. The van der Waals surface area contributed by atoms with Gasteiger partial charge in [-0.3, -0.25) is 20.2 Å². The number of rotatable bonds is 6. The van der Waals surface area contributed by atoms with Crippen LogP contribution in [0.1, 0.15) is 46.2 Å². The van der Waals surface area contributed by atoms with Crippen molar-refractivity contribution in [2.45, 2.75) is 63.9 Å². The summed E-state index contributed by atoms with van der Waals surface area (Å²) < 4.78 is 16.5. The van der Waals surface area contributed by atoms with E-state index in [0.717, 1.165) is 0 Å². The van der Waals surface area contributed by atoms with E-state index < -0.39 is 41.2 Å². The van der Waals surface area contributed by atoms with E-state index in [1.807, 2.05) is 0 Å². The second kappa shape index (κ2) is 8.05. The molecule has 1 fully saturated rings. The van der Waals surface area contributed by atoms with E-state index in [4.69, 9.17) is 14.2 Å². The average molecular weight is 394 g/mol. The van der Waals surface area contributed by atoms with Gasteiger partial charge in [0, 0.05) is 17.6 Å². The van der Waals surface area contributed by atoms with Crippen molar-refractivity contribution in [3.05, 3.63) is 39.9 Å². The molecule has 28 heavy (non-hydrogen) atoms. The summed E-state index contributed by atoms with van der Waals surface area (Å²) in [6.45, 7) is 8.78. The number of esters is 1. The molecular weight excluding hydrogens is 364 g/mol. The standard InChI is InChI=1S/C20H30N2O6/c1-19(2,3)28-18(23)16-14(20(4,5)27-7)17(22(24)25)15(21-16)12-10-8-9-11-13(12)26-6/h8-11,14-17,21H,1-7H3/t14-,15+,16+,17+/m1/s1. The normalized spacial score (nSPS) is 25.4. The van der Waals surface area contributed by atoms with Gasteiger partial charge in [-0.05, 0) is 40.7 Å². The predicted octanol–water partition coefficient (Wildman–Crippen LogP) is 2.74. The van der Waals surface area contributed by atoms with Gasteiger partial charge in [-0.2, -0.15) is 0 Å². The molecule has 8 heteroatoms. The molecule has 0 radical (unpaired) electrons. The lowest BCUT2D eigenvalue weighted by Crippen LogP contribution is -2.51. The van der Waals surface area contributed by atoms with Crippen molar-refractivity contribution in [3.63, 3.8) is 0 Å². The maximum absolute atomic E-state index is 12.9. The third-order valence-electron chi connectivity index (χ3n) is 5.13. The number of nitrogens with one attached hydrogen (secondary N) is 1. The monoisotopic (exact) mass is 394 g/mol. The summed E-state index contributed by atoms with van der Waals surface area (Å²) in [6, 6.07) is 4.34. The molecule has 1 aromatic rings. The number of para-hydroxylation sites is 1. The van der Waals surface area contributed by atoms with Gasteiger partial charge in [-0.25, -0.2) is 0 Å². The summed E-state index contributed by atoms with van der Waals surface area (Å²) in [5.74, 6) is -0.769. The van der Waals surface area contributed by atoms with Crippen molar-refractivity contribution in [1.82, 2.24) is 5.32 Å². The fourth-order valence-electron chi connectivity index (χ4n) is 3.78. The molecule has 8 nitrogen and oxygen atoms in total. The molecule has 1 aromatic carbocycles. The maximum Gasteiger partial charge on any atom is 0.324 e. The second-order valence-corrected chi connectivity index (χ2v) is 8.51. The van der Waals surface area contributed by atoms with Crippen molar-refractivity contribution >= 4 is 5.97 Å². The Kier molecular flexibility index (Phi) is 6.35. The van der Waals surface area contributed by atoms with Crippen molar-refractivity contribution in [1.29, 1.82) is 0 Å². The van der Waals surface area contributed by atoms with Gasteiger partial charge >= 0.3 is 5.97 Å². The van der Waals surface area contributed by atoms with Gasteiger partial charge in [0.1, 0.15) is 23.4 Å². The summed E-state index contributed by atoms with van der Waals surface area (Å²) in [4.78, 5) is 24.7. The molecular formula is C20H30N2O6. The summed E-state index contributed by atoms with van der Waals surface area (Å²) in [5, 5.41) is 15.3. The van der Waals surface area contributed by atoms with Gasteiger partial charge in [0.25, 0.3) is 0 Å². The van der Waals surface area contributed by atoms with Gasteiger partial charge in [0.15, 0.2) is 0 Å². The molecule has 0 saturated carbocycles. The lowest BCUT2D eigenvalue weighted by molar-refractivity contribution is -0.536. The molecule has 0 spiro atoms. The van der Waals surface area contributed by atoms with E-state index in [2.05, 4.69) is 5.32 Å². The molecule has 1 saturated heterocycles. The number of nitrogens with zero attached hydrogens (tertiary/aromatic N) is 1. The highest BCUT2D eigenvalue weighted by molar-refractivity contribution is 5.78. The summed E-state index contributed by atoms with van der Waals surface area (Å²) in [7, 11) is 3.00. The molecule has 0 aliphatic carbocycles. The third-order valence-corrected chi connectivity index (χ3v) is 5.13. The molecule has 0 bridgehead atoms. The summed E-state index contributed by atoms with van der Waals surface area (Å²) in [5.41, 5.74) is -1.04. The number of benzene rings is 1. The number of ether oxygens (including phenoxy) is 3. The topological polar surface area (TPSA) is 99.9 Å². The highest BCUT2D eigenvalue weighted by atomic mass is 16.6. The Labute approximate surface area is 165 Å². The van der Waals surface area contributed by atoms with E-state index in [1.54, 1.807) is 58.9 Å². The van der Waals surface area contributed by atoms with Crippen LogP contribution in [0.25, 0.3) is 0 Å². The molecule has 1 aliphatic rings. The van der Waals surface area contributed by atoms with Crippen LogP contribution in [0.5, 0.6) is 5.75 Å². The van der Waals surface area contributed by atoms with Crippen molar-refractivity contribution in [2.75, 3.05) is 14.2 Å². The molecule has 0 amide bonds. The first-order valence-electron chi connectivity index (χ1n) is 9.23. The van der Waals surface area contributed by atoms with Gasteiger partial charge in [-0.15, -0.1) is 0 Å². The molecule has 2 rings (SSSR count). The molecule has 1 heterocycles. The highest BCUT2D eigenvalue weighted by Crippen LogP contribution is 2.43. The van der Waals surface area contributed by atoms with E-state index >= 15 is 0 Å². The van der Waals surface area contributed by atoms with Crippen LogP contribution in [0, 0.1) is 16.0 Å². The van der Waals surface area contributed by atoms with Gasteiger partial charge < -0.3 is 14.2 Å². The fraction of sp³-hybridized carbons (Fsp3) is 0.650. The Bertz CT molecular complexity index is 728. The SMILES string of the molecule is COc1ccccc1[C@@H]1N[C@H](C(=O)OC(C)(C)C)[C@@H](C(C)(C)OC)[C@@H]1[N+](=O)[O-]. The van der Waals surface area contributed by atoms with Gasteiger partial charge in [0.2, 0.25) is 6.04 Å². The number of carbonyl (C=O) groups is 1. The minimum Gasteiger partial charge on any atom is -0.496 e. The number of hydrogen-bond acceptors (Lipinski definition) is 7. The largest absolute Gasteiger partial charge is 0.496 e. The first kappa shape index (κ1) is 22.1. The predicted molar refractivity (Wildman–Crippen MR) is 104 cm³/mol. The number of carbonyl (C=O) groups excluding carboxylic acids is 1. The molecule has 4 atom stereocenters. The van der Waals surface area contributed by atoms with E-state index in [0.29, 0.717) is 11.3 Å². The zero-order valence-corrected chi connectivity index (χ0v) is 17.5. The lowest BCUT2D eigenvalue weighted by atomic mass is 9.79. The first-order chi connectivity index (χ1) is 12.9. The quantitative estimate of drug-likeness (QED) is 0.450. The summed E-state index contributed by atoms with van der Waals surface area (Å²) >= 11 is 0. The second-order valence-electron chi connectivity index (χ2n) is 8.51. The molecule has 1 aliphatic heterocycles. The Hall–Kier alpha value is -2.19. The minimum atomic E-state index is -1.11. The van der Waals surface area contributed by atoms with Crippen LogP contribution in [-0.2, 0) is 14.3 Å². The van der Waals surface area contributed by atoms with Crippen molar-refractivity contribution < 1.29 is 23.9 Å².